The molecule has 4 aromatic rings. The maximum Gasteiger partial charge on any atom is 0.163 e. The predicted octanol–water partition coefficient (Wildman–Crippen LogP) is 6.10. The fourth-order valence-corrected chi connectivity index (χ4v) is 3.39. The van der Waals surface area contributed by atoms with E-state index >= 15 is 0 Å². The van der Waals surface area contributed by atoms with Crippen molar-refractivity contribution in [2.75, 3.05) is 13.2 Å². The first-order valence-corrected chi connectivity index (χ1v) is 10.4. The second kappa shape index (κ2) is 7.59. The molecule has 0 aliphatic carbocycles. The summed E-state index contributed by atoms with van der Waals surface area (Å²) in [6.45, 7) is 9.76. The van der Waals surface area contributed by atoms with E-state index in [1.807, 2.05) is 24.3 Å². The van der Waals surface area contributed by atoms with Crippen molar-refractivity contribution in [1.29, 1.82) is 0 Å². The van der Waals surface area contributed by atoms with Crippen LogP contribution >= 0.6 is 15.9 Å². The molecule has 2 aromatic heterocycles. The maximum absolute atomic E-state index is 6.03. The highest BCUT2D eigenvalue weighted by Crippen LogP contribution is 2.34. The van der Waals surface area contributed by atoms with Crippen LogP contribution in [0.3, 0.4) is 0 Å². The molecule has 0 amide bonds. The van der Waals surface area contributed by atoms with Crippen LogP contribution in [0.1, 0.15) is 27.7 Å². The molecule has 0 spiro atoms. The summed E-state index contributed by atoms with van der Waals surface area (Å²) in [5, 5.41) is 1.04. The molecule has 28 heavy (non-hydrogen) atoms. The number of nitrogens with zero attached hydrogens (tertiary/aromatic N) is 2. The van der Waals surface area contributed by atoms with E-state index in [1.54, 1.807) is 0 Å². The lowest BCUT2D eigenvalue weighted by atomic mass is 10.2. The van der Waals surface area contributed by atoms with Crippen molar-refractivity contribution in [3.05, 3.63) is 34.8 Å². The molecule has 0 atom stereocenters. The third-order valence-corrected chi connectivity index (χ3v) is 4.86. The van der Waals surface area contributed by atoms with Crippen molar-refractivity contribution in [2.24, 2.45) is 11.8 Å². The van der Waals surface area contributed by atoms with E-state index in [-0.39, 0.29) is 0 Å². The first-order valence-electron chi connectivity index (χ1n) is 9.59. The minimum atomic E-state index is 0.424. The Labute approximate surface area is 172 Å². The summed E-state index contributed by atoms with van der Waals surface area (Å²) in [4.78, 5) is 13.0. The zero-order valence-electron chi connectivity index (χ0n) is 16.5. The number of hydrogen-bond donors (Lipinski definition) is 1. The van der Waals surface area contributed by atoms with E-state index in [0.29, 0.717) is 30.8 Å². The Hall–Kier alpha value is -2.34. The number of nitrogens with one attached hydrogen (secondary N) is 1. The predicted molar refractivity (Wildman–Crippen MR) is 117 cm³/mol. The molecule has 0 radical (unpaired) electrons. The normalized spacial score (nSPS) is 12.0. The second-order valence-electron chi connectivity index (χ2n) is 7.93. The van der Waals surface area contributed by atoms with Crippen LogP contribution in [0.4, 0.5) is 0 Å². The van der Waals surface area contributed by atoms with Gasteiger partial charge in [0, 0.05) is 27.5 Å². The van der Waals surface area contributed by atoms with Gasteiger partial charge in [-0.3, -0.25) is 0 Å². The summed E-state index contributed by atoms with van der Waals surface area (Å²) < 4.78 is 13.1. The van der Waals surface area contributed by atoms with Crippen molar-refractivity contribution >= 4 is 49.0 Å². The first kappa shape index (κ1) is 19.0. The van der Waals surface area contributed by atoms with Gasteiger partial charge in [-0.25, -0.2) is 9.97 Å². The highest BCUT2D eigenvalue weighted by atomic mass is 79.9. The minimum Gasteiger partial charge on any atom is -0.489 e. The molecule has 6 heteroatoms. The van der Waals surface area contributed by atoms with E-state index in [4.69, 9.17) is 19.4 Å². The summed E-state index contributed by atoms with van der Waals surface area (Å²) in [5.74, 6) is 2.29. The maximum atomic E-state index is 6.03. The van der Waals surface area contributed by atoms with Gasteiger partial charge in [0.15, 0.2) is 17.1 Å². The molecule has 146 valence electrons. The van der Waals surface area contributed by atoms with Crippen LogP contribution in [0.5, 0.6) is 11.5 Å². The SMILES string of the molecule is CC(C)COc1cc2nc3[nH]c4ccc(Br)cc4c3nc2cc1OCC(C)C. The molecular formula is C22H24BrN3O2. The van der Waals surface area contributed by atoms with Crippen LogP contribution in [0.15, 0.2) is 34.8 Å². The van der Waals surface area contributed by atoms with Gasteiger partial charge in [0.25, 0.3) is 0 Å². The zero-order chi connectivity index (χ0) is 19.8. The van der Waals surface area contributed by atoms with E-state index < -0.39 is 0 Å². The van der Waals surface area contributed by atoms with Crippen molar-refractivity contribution in [1.82, 2.24) is 15.0 Å². The monoisotopic (exact) mass is 441 g/mol. The Kier molecular flexibility index (Phi) is 5.15. The second-order valence-corrected chi connectivity index (χ2v) is 8.85. The third-order valence-electron chi connectivity index (χ3n) is 4.36. The van der Waals surface area contributed by atoms with Gasteiger partial charge in [0.2, 0.25) is 0 Å². The molecule has 4 rings (SSSR count). The van der Waals surface area contributed by atoms with Crippen LogP contribution in [0, 0.1) is 11.8 Å². The number of benzene rings is 2. The first-order chi connectivity index (χ1) is 13.4. The number of aromatic amines is 1. The largest absolute Gasteiger partial charge is 0.489 e. The van der Waals surface area contributed by atoms with E-state index in [2.05, 4.69) is 54.7 Å². The Morgan fingerprint density at radius 3 is 2.11 bits per heavy atom. The minimum absolute atomic E-state index is 0.424. The Morgan fingerprint density at radius 2 is 1.50 bits per heavy atom. The zero-order valence-corrected chi connectivity index (χ0v) is 18.1. The molecule has 5 nitrogen and oxygen atoms in total. The Balaban J connectivity index is 1.86. The molecule has 0 saturated heterocycles. The average molecular weight is 442 g/mol. The van der Waals surface area contributed by atoms with Crippen LogP contribution in [-0.2, 0) is 0 Å². The molecule has 2 heterocycles. The molecular weight excluding hydrogens is 418 g/mol. The Morgan fingerprint density at radius 1 is 0.893 bits per heavy atom. The van der Waals surface area contributed by atoms with Crippen molar-refractivity contribution < 1.29 is 9.47 Å². The van der Waals surface area contributed by atoms with Crippen LogP contribution < -0.4 is 9.47 Å². The number of ether oxygens (including phenoxy) is 2. The molecule has 0 bridgehead atoms. The highest BCUT2D eigenvalue weighted by molar-refractivity contribution is 9.10. The van der Waals surface area contributed by atoms with Crippen LogP contribution in [0.2, 0.25) is 0 Å². The summed E-state index contributed by atoms with van der Waals surface area (Å²) in [6.07, 6.45) is 0. The van der Waals surface area contributed by atoms with Gasteiger partial charge in [0.05, 0.1) is 24.2 Å². The lowest BCUT2D eigenvalue weighted by Gasteiger charge is -2.16. The molecule has 0 saturated carbocycles. The summed E-state index contributed by atoms with van der Waals surface area (Å²) in [6, 6.07) is 9.97. The fourth-order valence-electron chi connectivity index (χ4n) is 3.03. The Bertz CT molecular complexity index is 1150. The average Bonchev–Trinajstić information content (AvgIpc) is 2.99. The van der Waals surface area contributed by atoms with Gasteiger partial charge in [-0.15, -0.1) is 0 Å². The van der Waals surface area contributed by atoms with Gasteiger partial charge in [-0.2, -0.15) is 0 Å². The topological polar surface area (TPSA) is 60.0 Å². The molecule has 0 aliphatic rings. The highest BCUT2D eigenvalue weighted by Gasteiger charge is 2.14. The molecule has 0 aliphatic heterocycles. The number of rotatable bonds is 6. The van der Waals surface area contributed by atoms with Gasteiger partial charge in [-0.05, 0) is 30.0 Å². The molecule has 0 fully saturated rings. The smallest absolute Gasteiger partial charge is 0.163 e. The van der Waals surface area contributed by atoms with E-state index in [1.165, 1.54) is 0 Å². The lowest BCUT2D eigenvalue weighted by Crippen LogP contribution is -2.09. The molecule has 2 aromatic carbocycles. The molecule has 0 unspecified atom stereocenters. The van der Waals surface area contributed by atoms with E-state index in [0.717, 1.165) is 43.3 Å². The fraction of sp³-hybridized carbons (Fsp3) is 0.364. The number of fused-ring (bicyclic) bond motifs is 4. The van der Waals surface area contributed by atoms with Crippen LogP contribution in [0.25, 0.3) is 33.1 Å². The van der Waals surface area contributed by atoms with Gasteiger partial charge >= 0.3 is 0 Å². The summed E-state index contributed by atoms with van der Waals surface area (Å²) >= 11 is 3.54. The van der Waals surface area contributed by atoms with Crippen molar-refractivity contribution in [2.45, 2.75) is 27.7 Å². The van der Waals surface area contributed by atoms with Gasteiger partial charge in [0.1, 0.15) is 5.52 Å². The summed E-state index contributed by atoms with van der Waals surface area (Å²) in [7, 11) is 0. The lowest BCUT2D eigenvalue weighted by molar-refractivity contribution is 0.230. The summed E-state index contributed by atoms with van der Waals surface area (Å²) in [5.41, 5.74) is 4.22. The van der Waals surface area contributed by atoms with Crippen molar-refractivity contribution in [3.63, 3.8) is 0 Å². The number of aromatic nitrogens is 3. The van der Waals surface area contributed by atoms with Gasteiger partial charge in [-0.1, -0.05) is 43.6 Å². The van der Waals surface area contributed by atoms with Crippen LogP contribution in [-0.4, -0.2) is 28.2 Å². The molecule has 1 N–H and O–H groups in total. The van der Waals surface area contributed by atoms with Crippen molar-refractivity contribution in [3.8, 4) is 11.5 Å². The number of hydrogen-bond acceptors (Lipinski definition) is 4. The third kappa shape index (κ3) is 3.78. The number of H-pyrrole nitrogens is 1. The number of halogens is 1. The van der Waals surface area contributed by atoms with Gasteiger partial charge < -0.3 is 14.5 Å². The quantitative estimate of drug-likeness (QED) is 0.392. The van der Waals surface area contributed by atoms with E-state index in [9.17, 15) is 0 Å². The standard InChI is InChI=1S/C22H24BrN3O2/c1-12(2)10-27-19-8-17-18(9-20(19)28-11-13(3)4)26-22-21(24-17)15-7-14(23)5-6-16(15)25-22/h5-9,12-13H,10-11H2,1-4H3,(H,25,26).